The molecule has 0 bridgehead atoms. The van der Waals surface area contributed by atoms with Gasteiger partial charge in [0.25, 0.3) is 5.91 Å². The molecule has 0 radical (unpaired) electrons. The number of anilines is 1. The number of ether oxygens (including phenoxy) is 2. The highest BCUT2D eigenvalue weighted by Crippen LogP contribution is 2.32. The lowest BCUT2D eigenvalue weighted by molar-refractivity contribution is -0.0440. The predicted octanol–water partition coefficient (Wildman–Crippen LogP) is 3.73. The number of nitrogens with zero attached hydrogens (tertiary/aromatic N) is 4. The Bertz CT molecular complexity index is 1320. The van der Waals surface area contributed by atoms with Gasteiger partial charge in [0.15, 0.2) is 5.13 Å². The van der Waals surface area contributed by atoms with Crippen LogP contribution in [0.5, 0.6) is 5.75 Å². The van der Waals surface area contributed by atoms with E-state index in [0.717, 1.165) is 16.0 Å². The van der Waals surface area contributed by atoms with Crippen LogP contribution in [0.15, 0.2) is 47.4 Å². The smallest absolute Gasteiger partial charge is 0.260 e. The third kappa shape index (κ3) is 6.60. The topological polar surface area (TPSA) is 92.3 Å². The lowest BCUT2D eigenvalue weighted by Gasteiger charge is -2.34. The van der Waals surface area contributed by atoms with Crippen LogP contribution in [-0.4, -0.2) is 88.1 Å². The number of carbonyl (C=O) groups is 1. The molecule has 2 atom stereocenters. The summed E-state index contributed by atoms with van der Waals surface area (Å²) in [4.78, 5) is 22.1. The summed E-state index contributed by atoms with van der Waals surface area (Å²) >= 11 is 1.42. The second-order valence-electron chi connectivity index (χ2n) is 9.19. The predicted molar refractivity (Wildman–Crippen MR) is 149 cm³/mol. The molecule has 2 unspecified atom stereocenters. The molecule has 3 aromatic rings. The number of likely N-dealkylation sites (N-methyl/N-ethyl adjacent to an activating group) is 1. The van der Waals surface area contributed by atoms with Crippen molar-refractivity contribution in [3.63, 3.8) is 0 Å². The third-order valence-electron chi connectivity index (χ3n) is 5.96. The first kappa shape index (κ1) is 29.3. The molecule has 1 saturated heterocycles. The van der Waals surface area contributed by atoms with Crippen LogP contribution >= 0.6 is 23.7 Å². The second-order valence-corrected chi connectivity index (χ2v) is 12.1. The minimum Gasteiger partial charge on any atom is -0.497 e. The highest BCUT2D eigenvalue weighted by Gasteiger charge is 2.32. The highest BCUT2D eigenvalue weighted by molar-refractivity contribution is 7.89. The van der Waals surface area contributed by atoms with Gasteiger partial charge in [0, 0.05) is 31.7 Å². The number of morpholine rings is 1. The van der Waals surface area contributed by atoms with E-state index in [4.69, 9.17) is 9.47 Å². The van der Waals surface area contributed by atoms with Gasteiger partial charge < -0.3 is 14.4 Å². The maximum Gasteiger partial charge on any atom is 0.260 e. The first-order valence-corrected chi connectivity index (χ1v) is 14.0. The van der Waals surface area contributed by atoms with Crippen LogP contribution in [0.1, 0.15) is 24.2 Å². The molecule has 4 rings (SSSR count). The lowest BCUT2D eigenvalue weighted by atomic mass is 10.2. The van der Waals surface area contributed by atoms with Gasteiger partial charge in [0.1, 0.15) is 5.75 Å². The van der Waals surface area contributed by atoms with Gasteiger partial charge in [-0.2, -0.15) is 4.31 Å². The lowest BCUT2D eigenvalue weighted by Crippen LogP contribution is -2.48. The standard InChI is InChI=1S/C25H32N4O5S2.ClH/c1-17-15-28(16-18(2)34-17)36(31,32)21-9-6-19(7-10-21)24(30)29(13-12-27(3)4)25-26-22-11-8-20(33-5)14-23(22)35-25;/h6-11,14,17-18H,12-13,15-16H2,1-5H3;1H. The van der Waals surface area contributed by atoms with E-state index in [2.05, 4.69) is 4.98 Å². The van der Waals surface area contributed by atoms with Crippen molar-refractivity contribution in [3.05, 3.63) is 48.0 Å². The Labute approximate surface area is 228 Å². The minimum absolute atomic E-state index is 0. The molecule has 0 saturated carbocycles. The van der Waals surface area contributed by atoms with Gasteiger partial charge in [0.2, 0.25) is 10.0 Å². The van der Waals surface area contributed by atoms with E-state index in [9.17, 15) is 13.2 Å². The molecule has 1 fully saturated rings. The number of hydrogen-bond donors (Lipinski definition) is 0. The second kappa shape index (κ2) is 12.1. The average Bonchev–Trinajstić information content (AvgIpc) is 3.26. The van der Waals surface area contributed by atoms with Crippen LogP contribution in [0, 0.1) is 0 Å². The number of benzene rings is 2. The number of carbonyl (C=O) groups excluding carboxylic acids is 1. The van der Waals surface area contributed by atoms with Crippen LogP contribution in [0.2, 0.25) is 0 Å². The zero-order chi connectivity index (χ0) is 26.0. The van der Waals surface area contributed by atoms with E-state index in [1.807, 2.05) is 51.0 Å². The van der Waals surface area contributed by atoms with Crippen molar-refractivity contribution in [1.82, 2.24) is 14.2 Å². The van der Waals surface area contributed by atoms with Crippen molar-refractivity contribution >= 4 is 55.0 Å². The largest absolute Gasteiger partial charge is 0.497 e. The number of sulfonamides is 1. The van der Waals surface area contributed by atoms with Crippen molar-refractivity contribution in [1.29, 1.82) is 0 Å². The molecule has 1 aromatic heterocycles. The molecule has 1 amide bonds. The van der Waals surface area contributed by atoms with Crippen molar-refractivity contribution in [3.8, 4) is 5.75 Å². The van der Waals surface area contributed by atoms with Gasteiger partial charge in [-0.15, -0.1) is 12.4 Å². The van der Waals surface area contributed by atoms with Crippen molar-refractivity contribution < 1.29 is 22.7 Å². The molecule has 1 aliphatic heterocycles. The molecular weight excluding hydrogens is 536 g/mol. The minimum atomic E-state index is -3.69. The molecule has 1 aliphatic rings. The van der Waals surface area contributed by atoms with E-state index in [0.29, 0.717) is 36.9 Å². The van der Waals surface area contributed by atoms with Gasteiger partial charge >= 0.3 is 0 Å². The quantitative estimate of drug-likeness (QED) is 0.409. The Hall–Kier alpha value is -2.28. The number of halogens is 1. The molecule has 2 aromatic carbocycles. The summed E-state index contributed by atoms with van der Waals surface area (Å²) in [6, 6.07) is 11.8. The summed E-state index contributed by atoms with van der Waals surface area (Å²) in [5, 5.41) is 0.582. The zero-order valence-electron chi connectivity index (χ0n) is 21.6. The summed E-state index contributed by atoms with van der Waals surface area (Å²) in [5.41, 5.74) is 1.18. The summed E-state index contributed by atoms with van der Waals surface area (Å²) < 4.78 is 39.7. The summed E-state index contributed by atoms with van der Waals surface area (Å²) in [5.74, 6) is 0.491. The number of amides is 1. The fourth-order valence-corrected chi connectivity index (χ4v) is 6.73. The fraction of sp³-hybridized carbons (Fsp3) is 0.440. The van der Waals surface area contributed by atoms with Gasteiger partial charge in [-0.05, 0) is 70.4 Å². The van der Waals surface area contributed by atoms with E-state index in [1.165, 1.54) is 27.8 Å². The van der Waals surface area contributed by atoms with Crippen LogP contribution in [0.4, 0.5) is 5.13 Å². The average molecular weight is 569 g/mol. The van der Waals surface area contributed by atoms with Crippen LogP contribution in [0.3, 0.4) is 0 Å². The number of methoxy groups -OCH3 is 1. The Balaban J connectivity index is 0.00000380. The summed E-state index contributed by atoms with van der Waals surface area (Å²) in [6.45, 7) is 5.40. The summed E-state index contributed by atoms with van der Waals surface area (Å²) in [7, 11) is 1.81. The number of fused-ring (bicyclic) bond motifs is 1. The van der Waals surface area contributed by atoms with Crippen LogP contribution in [-0.2, 0) is 14.8 Å². The Kier molecular flexibility index (Phi) is 9.54. The highest BCUT2D eigenvalue weighted by atomic mass is 35.5. The molecule has 0 N–H and O–H groups in total. The zero-order valence-corrected chi connectivity index (χ0v) is 24.0. The van der Waals surface area contributed by atoms with E-state index in [-0.39, 0.29) is 35.4 Å². The van der Waals surface area contributed by atoms with Crippen molar-refractivity contribution in [2.45, 2.75) is 31.0 Å². The van der Waals surface area contributed by atoms with Crippen molar-refractivity contribution in [2.24, 2.45) is 0 Å². The van der Waals surface area contributed by atoms with E-state index >= 15 is 0 Å². The molecule has 0 aliphatic carbocycles. The Morgan fingerprint density at radius 1 is 1.11 bits per heavy atom. The summed E-state index contributed by atoms with van der Waals surface area (Å²) in [6.07, 6.45) is -0.355. The maximum absolute atomic E-state index is 13.6. The molecule has 0 spiro atoms. The first-order valence-electron chi connectivity index (χ1n) is 11.8. The van der Waals surface area contributed by atoms with E-state index in [1.54, 1.807) is 24.1 Å². The molecule has 37 heavy (non-hydrogen) atoms. The molecular formula is C25H33ClN4O5S2. The normalized spacial score (nSPS) is 18.5. The number of rotatable bonds is 8. The fourth-order valence-electron chi connectivity index (χ4n) is 4.12. The van der Waals surface area contributed by atoms with Crippen molar-refractivity contribution in [2.75, 3.05) is 52.3 Å². The molecule has 12 heteroatoms. The maximum atomic E-state index is 13.6. The third-order valence-corrected chi connectivity index (χ3v) is 8.84. The van der Waals surface area contributed by atoms with Crippen LogP contribution < -0.4 is 9.64 Å². The molecule has 9 nitrogen and oxygen atoms in total. The van der Waals surface area contributed by atoms with Gasteiger partial charge in [-0.1, -0.05) is 11.3 Å². The van der Waals surface area contributed by atoms with Gasteiger partial charge in [-0.25, -0.2) is 13.4 Å². The number of hydrogen-bond acceptors (Lipinski definition) is 8. The number of thiazole rings is 1. The van der Waals surface area contributed by atoms with Gasteiger partial charge in [-0.3, -0.25) is 9.69 Å². The molecule has 202 valence electrons. The van der Waals surface area contributed by atoms with Gasteiger partial charge in [0.05, 0.1) is 34.4 Å². The number of aromatic nitrogens is 1. The first-order chi connectivity index (χ1) is 17.1. The Morgan fingerprint density at radius 2 is 1.76 bits per heavy atom. The monoisotopic (exact) mass is 568 g/mol. The van der Waals surface area contributed by atoms with Crippen LogP contribution in [0.25, 0.3) is 10.2 Å². The Morgan fingerprint density at radius 3 is 2.35 bits per heavy atom. The SMILES string of the molecule is COc1ccc2nc(N(CCN(C)C)C(=O)c3ccc(S(=O)(=O)N4CC(C)OC(C)C4)cc3)sc2c1.Cl. The molecule has 2 heterocycles. The van der Waals surface area contributed by atoms with E-state index < -0.39 is 10.0 Å².